The normalized spacial score (nSPS) is 11.6. The average Bonchev–Trinajstić information content (AvgIpc) is 2.82. The lowest BCUT2D eigenvalue weighted by molar-refractivity contribution is -0.385. The number of anilines is 2. The third-order valence-corrected chi connectivity index (χ3v) is 6.65. The first-order valence-electron chi connectivity index (χ1n) is 9.82. The first-order valence-corrected chi connectivity index (χ1v) is 11.7. The average molecular weight is 497 g/mol. The number of rotatable bonds is 7. The molecule has 0 bridgehead atoms. The van der Waals surface area contributed by atoms with Gasteiger partial charge in [0.2, 0.25) is 0 Å². The quantitative estimate of drug-likeness (QED) is 0.179. The molecule has 34 heavy (non-hydrogen) atoms. The molecule has 11 heteroatoms. The first-order chi connectivity index (χ1) is 16.3. The molecule has 4 rings (SSSR count). The van der Waals surface area contributed by atoms with E-state index in [1.54, 1.807) is 18.2 Å². The van der Waals surface area contributed by atoms with Crippen molar-refractivity contribution >= 4 is 55.7 Å². The molecule has 172 valence electrons. The van der Waals surface area contributed by atoms with E-state index in [4.69, 9.17) is 11.6 Å². The van der Waals surface area contributed by atoms with E-state index in [2.05, 4.69) is 15.2 Å². The van der Waals surface area contributed by atoms with Crippen molar-refractivity contribution in [3.63, 3.8) is 0 Å². The number of halogens is 1. The Labute approximate surface area is 199 Å². The Morgan fingerprint density at radius 1 is 0.971 bits per heavy atom. The van der Waals surface area contributed by atoms with E-state index >= 15 is 0 Å². The van der Waals surface area contributed by atoms with E-state index in [9.17, 15) is 23.6 Å². The van der Waals surface area contributed by atoms with Crippen LogP contribution in [0.2, 0.25) is 5.02 Å². The fraction of sp³-hybridized carbons (Fsp3) is 0. The zero-order valence-electron chi connectivity index (χ0n) is 17.3. The summed E-state index contributed by atoms with van der Waals surface area (Å²) in [5, 5.41) is 27.4. The van der Waals surface area contributed by atoms with Gasteiger partial charge in [-0.15, -0.1) is 0 Å². The van der Waals surface area contributed by atoms with Crippen LogP contribution in [0, 0.1) is 10.1 Å². The van der Waals surface area contributed by atoms with Crippen LogP contribution >= 0.6 is 11.6 Å². The Balaban J connectivity index is 1.71. The third kappa shape index (κ3) is 4.77. The van der Waals surface area contributed by atoms with Crippen molar-refractivity contribution < 1.29 is 18.4 Å². The standard InChI is InChI=1S/C23H17ClN4O5S/c24-19-7-3-4-8-20(19)27-34(32,33)23-13-16(28(30)31)10-11-21(23)26-25-14-18-17-6-2-1-5-15(17)9-12-22(18)29/h1-14,26-27,29H/b25-14+. The summed E-state index contributed by atoms with van der Waals surface area (Å²) in [6, 6.07) is 20.2. The number of nitrogens with one attached hydrogen (secondary N) is 2. The molecule has 0 fully saturated rings. The van der Waals surface area contributed by atoms with Gasteiger partial charge >= 0.3 is 0 Å². The van der Waals surface area contributed by atoms with Crippen molar-refractivity contribution in [1.29, 1.82) is 0 Å². The maximum absolute atomic E-state index is 13.1. The smallest absolute Gasteiger partial charge is 0.270 e. The highest BCUT2D eigenvalue weighted by molar-refractivity contribution is 7.93. The number of phenols is 1. The van der Waals surface area contributed by atoms with Gasteiger partial charge in [0.1, 0.15) is 10.6 Å². The number of hydrogen-bond donors (Lipinski definition) is 3. The van der Waals surface area contributed by atoms with Gasteiger partial charge in [0, 0.05) is 17.7 Å². The predicted molar refractivity (Wildman–Crippen MR) is 132 cm³/mol. The number of nitro benzene ring substituents is 1. The molecule has 0 radical (unpaired) electrons. The maximum atomic E-state index is 13.1. The second-order valence-corrected chi connectivity index (χ2v) is 9.17. The lowest BCUT2D eigenvalue weighted by Gasteiger charge is -2.13. The van der Waals surface area contributed by atoms with Crippen molar-refractivity contribution in [3.8, 4) is 5.75 Å². The molecule has 0 aliphatic rings. The zero-order valence-corrected chi connectivity index (χ0v) is 18.9. The topological polar surface area (TPSA) is 134 Å². The molecule has 9 nitrogen and oxygen atoms in total. The number of nitrogens with zero attached hydrogens (tertiary/aromatic N) is 2. The Morgan fingerprint density at radius 2 is 1.71 bits per heavy atom. The van der Waals surface area contributed by atoms with E-state index in [0.717, 1.165) is 22.9 Å². The van der Waals surface area contributed by atoms with Crippen LogP contribution in [-0.2, 0) is 10.0 Å². The molecular formula is C23H17ClN4O5S. The fourth-order valence-electron chi connectivity index (χ4n) is 3.27. The number of sulfonamides is 1. The summed E-state index contributed by atoms with van der Waals surface area (Å²) < 4.78 is 28.5. The number of aromatic hydroxyl groups is 1. The summed E-state index contributed by atoms with van der Waals surface area (Å²) in [6.45, 7) is 0. The monoisotopic (exact) mass is 496 g/mol. The van der Waals surface area contributed by atoms with Gasteiger partial charge in [0.25, 0.3) is 15.7 Å². The van der Waals surface area contributed by atoms with Crippen LogP contribution in [0.4, 0.5) is 17.1 Å². The molecule has 0 heterocycles. The molecule has 0 atom stereocenters. The van der Waals surface area contributed by atoms with Gasteiger partial charge in [-0.2, -0.15) is 5.10 Å². The lowest BCUT2D eigenvalue weighted by Crippen LogP contribution is -2.15. The number of hydrogen-bond acceptors (Lipinski definition) is 7. The van der Waals surface area contributed by atoms with Gasteiger partial charge in [0.05, 0.1) is 27.5 Å². The predicted octanol–water partition coefficient (Wildman–Crippen LogP) is 5.35. The first kappa shape index (κ1) is 23.0. The molecule has 0 aliphatic carbocycles. The van der Waals surface area contributed by atoms with Gasteiger partial charge in [-0.1, -0.05) is 54.1 Å². The number of nitro groups is 1. The number of para-hydroxylation sites is 1. The van der Waals surface area contributed by atoms with E-state index in [0.29, 0.717) is 5.56 Å². The second-order valence-electron chi connectivity index (χ2n) is 7.11. The number of non-ortho nitro benzene ring substituents is 1. The summed E-state index contributed by atoms with van der Waals surface area (Å²) in [5.41, 5.74) is 2.72. The van der Waals surface area contributed by atoms with Crippen LogP contribution < -0.4 is 10.1 Å². The van der Waals surface area contributed by atoms with Crippen LogP contribution in [0.5, 0.6) is 5.75 Å². The van der Waals surface area contributed by atoms with Crippen LogP contribution in [0.3, 0.4) is 0 Å². The van der Waals surface area contributed by atoms with E-state index in [-0.39, 0.29) is 22.1 Å². The summed E-state index contributed by atoms with van der Waals surface area (Å²) in [4.78, 5) is 10.2. The highest BCUT2D eigenvalue weighted by Crippen LogP contribution is 2.31. The van der Waals surface area contributed by atoms with E-state index in [1.807, 2.05) is 24.3 Å². The minimum Gasteiger partial charge on any atom is -0.507 e. The number of hydrazone groups is 1. The van der Waals surface area contributed by atoms with Gasteiger partial charge in [-0.3, -0.25) is 20.3 Å². The minimum absolute atomic E-state index is 0.0128. The molecule has 0 saturated heterocycles. The van der Waals surface area contributed by atoms with Crippen molar-refractivity contribution in [3.05, 3.63) is 99.6 Å². The molecule has 0 aromatic heterocycles. The zero-order chi connectivity index (χ0) is 24.3. The summed E-state index contributed by atoms with van der Waals surface area (Å²) in [5.74, 6) is -0.0128. The number of benzene rings is 4. The summed E-state index contributed by atoms with van der Waals surface area (Å²) >= 11 is 6.06. The van der Waals surface area contributed by atoms with Crippen molar-refractivity contribution in [2.45, 2.75) is 4.90 Å². The van der Waals surface area contributed by atoms with Crippen LogP contribution in [0.1, 0.15) is 5.56 Å². The van der Waals surface area contributed by atoms with Gasteiger partial charge in [-0.05, 0) is 35.0 Å². The van der Waals surface area contributed by atoms with Crippen LogP contribution in [0.25, 0.3) is 10.8 Å². The van der Waals surface area contributed by atoms with Gasteiger partial charge in [-0.25, -0.2) is 8.42 Å². The van der Waals surface area contributed by atoms with Gasteiger partial charge in [0.15, 0.2) is 0 Å². The van der Waals surface area contributed by atoms with Crippen molar-refractivity contribution in [2.75, 3.05) is 10.1 Å². The largest absolute Gasteiger partial charge is 0.507 e. The number of fused-ring (bicyclic) bond motifs is 1. The summed E-state index contributed by atoms with van der Waals surface area (Å²) in [7, 11) is -4.29. The van der Waals surface area contributed by atoms with Crippen LogP contribution in [0.15, 0.2) is 88.9 Å². The van der Waals surface area contributed by atoms with E-state index < -0.39 is 25.5 Å². The van der Waals surface area contributed by atoms with Crippen LogP contribution in [-0.4, -0.2) is 24.7 Å². The molecule has 0 aliphatic heterocycles. The highest BCUT2D eigenvalue weighted by Gasteiger charge is 2.23. The fourth-order valence-corrected chi connectivity index (χ4v) is 4.76. The van der Waals surface area contributed by atoms with Gasteiger partial charge < -0.3 is 5.11 Å². The lowest BCUT2D eigenvalue weighted by atomic mass is 10.0. The maximum Gasteiger partial charge on any atom is 0.270 e. The molecule has 0 amide bonds. The van der Waals surface area contributed by atoms with E-state index in [1.165, 1.54) is 30.5 Å². The van der Waals surface area contributed by atoms with Crippen molar-refractivity contribution in [2.24, 2.45) is 5.10 Å². The minimum atomic E-state index is -4.29. The molecule has 4 aromatic rings. The highest BCUT2D eigenvalue weighted by atomic mass is 35.5. The molecule has 0 unspecified atom stereocenters. The molecule has 3 N–H and O–H groups in total. The van der Waals surface area contributed by atoms with Crippen molar-refractivity contribution in [1.82, 2.24) is 0 Å². The third-order valence-electron chi connectivity index (χ3n) is 4.91. The Kier molecular flexibility index (Phi) is 6.35. The molecule has 4 aromatic carbocycles. The molecule has 0 spiro atoms. The Hall–Kier alpha value is -4.15. The molecule has 0 saturated carbocycles. The Morgan fingerprint density at radius 3 is 2.47 bits per heavy atom. The molecular weight excluding hydrogens is 480 g/mol. The second kappa shape index (κ2) is 9.38. The Bertz CT molecular complexity index is 1540. The number of phenolic OH excluding ortho intramolecular Hbond substituents is 1. The summed E-state index contributed by atoms with van der Waals surface area (Å²) in [6.07, 6.45) is 1.34. The SMILES string of the molecule is O=[N+]([O-])c1ccc(N/N=C/c2c(O)ccc3ccccc23)c(S(=O)(=O)Nc2ccccc2Cl)c1.